The molecule has 2 rings (SSSR count). The molecule has 0 aliphatic heterocycles. The Labute approximate surface area is 155 Å². The Morgan fingerprint density at radius 2 is 1.54 bits per heavy atom. The minimum atomic E-state index is -3.58. The summed E-state index contributed by atoms with van der Waals surface area (Å²) in [6.07, 6.45) is 1.23. The molecule has 0 atom stereocenters. The van der Waals surface area contributed by atoms with E-state index < -0.39 is 10.0 Å². The zero-order valence-electron chi connectivity index (χ0n) is 15.5. The van der Waals surface area contributed by atoms with Crippen molar-refractivity contribution >= 4 is 10.0 Å². The van der Waals surface area contributed by atoms with Crippen LogP contribution in [-0.4, -0.2) is 36.3 Å². The van der Waals surface area contributed by atoms with Gasteiger partial charge in [-0.3, -0.25) is 0 Å². The van der Waals surface area contributed by atoms with Crippen molar-refractivity contribution in [1.82, 2.24) is 4.72 Å². The Kier molecular flexibility index (Phi) is 6.88. The second kappa shape index (κ2) is 8.91. The van der Waals surface area contributed by atoms with Gasteiger partial charge >= 0.3 is 0 Å². The molecule has 7 heteroatoms. The average molecular weight is 379 g/mol. The van der Waals surface area contributed by atoms with Gasteiger partial charge in [0.05, 0.1) is 26.2 Å². The highest BCUT2D eigenvalue weighted by atomic mass is 32.2. The number of nitrogens with one attached hydrogen (secondary N) is 1. The molecule has 0 saturated heterocycles. The van der Waals surface area contributed by atoms with Crippen LogP contribution >= 0.6 is 0 Å². The number of methoxy groups -OCH3 is 3. The molecule has 0 aromatic heterocycles. The number of aryl methyl sites for hydroxylation is 1. The first kappa shape index (κ1) is 20.1. The summed E-state index contributed by atoms with van der Waals surface area (Å²) in [6.45, 7) is 2.24. The molecule has 142 valence electrons. The summed E-state index contributed by atoms with van der Waals surface area (Å²) >= 11 is 0. The molecule has 0 radical (unpaired) electrons. The molecular formula is C19H25NO5S. The Morgan fingerprint density at radius 3 is 2.15 bits per heavy atom. The minimum absolute atomic E-state index is 0.238. The summed E-state index contributed by atoms with van der Waals surface area (Å²) in [6, 6.07) is 10.4. The summed E-state index contributed by atoms with van der Waals surface area (Å²) in [5, 5.41) is 0. The predicted molar refractivity (Wildman–Crippen MR) is 101 cm³/mol. The van der Waals surface area contributed by atoms with Gasteiger partial charge in [-0.2, -0.15) is 0 Å². The van der Waals surface area contributed by atoms with Crippen LogP contribution in [-0.2, 0) is 22.9 Å². The van der Waals surface area contributed by atoms with Crippen LogP contribution in [0.15, 0.2) is 41.3 Å². The van der Waals surface area contributed by atoms with Crippen LogP contribution in [0.5, 0.6) is 17.2 Å². The van der Waals surface area contributed by atoms with Gasteiger partial charge in [0, 0.05) is 6.54 Å². The van der Waals surface area contributed by atoms with Gasteiger partial charge in [0.1, 0.15) is 5.75 Å². The lowest BCUT2D eigenvalue weighted by Gasteiger charge is -2.12. The van der Waals surface area contributed by atoms with Crippen LogP contribution in [0.3, 0.4) is 0 Å². The molecule has 0 aliphatic carbocycles. The quantitative estimate of drug-likeness (QED) is 0.725. The molecule has 26 heavy (non-hydrogen) atoms. The Hall–Kier alpha value is -2.25. The SMILES string of the molecule is CCc1cc(S(=O)(=O)NCCc2ccc(OC)c(OC)c2)ccc1OC. The van der Waals surface area contributed by atoms with Crippen molar-refractivity contribution in [3.05, 3.63) is 47.5 Å². The first-order valence-corrected chi connectivity index (χ1v) is 9.81. The predicted octanol–water partition coefficient (Wildman–Crippen LogP) is 2.80. The van der Waals surface area contributed by atoms with Gasteiger partial charge in [0.15, 0.2) is 11.5 Å². The highest BCUT2D eigenvalue weighted by Gasteiger charge is 2.16. The molecule has 0 unspecified atom stereocenters. The maximum Gasteiger partial charge on any atom is 0.240 e. The number of hydrogen-bond acceptors (Lipinski definition) is 5. The van der Waals surface area contributed by atoms with E-state index in [1.165, 1.54) is 0 Å². The Bertz CT molecular complexity index is 849. The number of ether oxygens (including phenoxy) is 3. The molecule has 0 aliphatic rings. The van der Waals surface area contributed by atoms with Crippen molar-refractivity contribution in [3.8, 4) is 17.2 Å². The normalized spacial score (nSPS) is 11.2. The maximum absolute atomic E-state index is 12.5. The first-order chi connectivity index (χ1) is 12.4. The van der Waals surface area contributed by atoms with Crippen LogP contribution in [0.2, 0.25) is 0 Å². The van der Waals surface area contributed by atoms with Gasteiger partial charge in [-0.25, -0.2) is 13.1 Å². The molecule has 2 aromatic carbocycles. The number of benzene rings is 2. The second-order valence-corrected chi connectivity index (χ2v) is 7.43. The number of sulfonamides is 1. The zero-order valence-corrected chi connectivity index (χ0v) is 16.4. The van der Waals surface area contributed by atoms with E-state index in [-0.39, 0.29) is 11.4 Å². The molecule has 0 bridgehead atoms. The summed E-state index contributed by atoms with van der Waals surface area (Å²) in [5.74, 6) is 1.95. The van der Waals surface area contributed by atoms with Gasteiger partial charge in [0.25, 0.3) is 0 Å². The van der Waals surface area contributed by atoms with E-state index in [1.54, 1.807) is 45.6 Å². The highest BCUT2D eigenvalue weighted by molar-refractivity contribution is 7.89. The van der Waals surface area contributed by atoms with Gasteiger partial charge in [-0.15, -0.1) is 0 Å². The van der Waals surface area contributed by atoms with E-state index >= 15 is 0 Å². The molecule has 0 saturated carbocycles. The van der Waals surface area contributed by atoms with Crippen LogP contribution in [0.4, 0.5) is 0 Å². The summed E-state index contributed by atoms with van der Waals surface area (Å²) < 4.78 is 43.4. The third-order valence-corrected chi connectivity index (χ3v) is 5.56. The van der Waals surface area contributed by atoms with Crippen molar-refractivity contribution < 1.29 is 22.6 Å². The van der Waals surface area contributed by atoms with Gasteiger partial charge in [-0.1, -0.05) is 13.0 Å². The fraction of sp³-hybridized carbons (Fsp3) is 0.368. The standard InChI is InChI=1S/C19H25NO5S/c1-5-15-13-16(7-9-17(15)23-2)26(21,22)20-11-10-14-6-8-18(24-3)19(12-14)25-4/h6-9,12-13,20H,5,10-11H2,1-4H3. The third kappa shape index (κ3) is 4.68. The highest BCUT2D eigenvalue weighted by Crippen LogP contribution is 2.27. The molecular weight excluding hydrogens is 354 g/mol. The van der Waals surface area contributed by atoms with Crippen molar-refractivity contribution in [2.75, 3.05) is 27.9 Å². The smallest absolute Gasteiger partial charge is 0.240 e. The van der Waals surface area contributed by atoms with E-state index in [1.807, 2.05) is 19.1 Å². The number of hydrogen-bond donors (Lipinski definition) is 1. The fourth-order valence-corrected chi connectivity index (χ4v) is 3.73. The Balaban J connectivity index is 2.07. The molecule has 0 amide bonds. The van der Waals surface area contributed by atoms with Crippen molar-refractivity contribution in [2.24, 2.45) is 0 Å². The topological polar surface area (TPSA) is 73.9 Å². The lowest BCUT2D eigenvalue weighted by Crippen LogP contribution is -2.26. The van der Waals surface area contributed by atoms with Gasteiger partial charge in [-0.05, 0) is 54.3 Å². The summed E-state index contributed by atoms with van der Waals surface area (Å²) in [7, 11) is 1.14. The molecule has 0 spiro atoms. The first-order valence-electron chi connectivity index (χ1n) is 8.32. The Morgan fingerprint density at radius 1 is 0.885 bits per heavy atom. The summed E-state index contributed by atoms with van der Waals surface area (Å²) in [4.78, 5) is 0.238. The molecule has 0 heterocycles. The van der Waals surface area contributed by atoms with Gasteiger partial charge in [0.2, 0.25) is 10.0 Å². The van der Waals surface area contributed by atoms with Crippen molar-refractivity contribution in [1.29, 1.82) is 0 Å². The summed E-state index contributed by atoms with van der Waals surface area (Å²) in [5.41, 5.74) is 1.81. The van der Waals surface area contributed by atoms with Crippen LogP contribution < -0.4 is 18.9 Å². The van der Waals surface area contributed by atoms with E-state index in [0.29, 0.717) is 30.1 Å². The lowest BCUT2D eigenvalue weighted by atomic mass is 10.1. The van der Waals surface area contributed by atoms with Crippen LogP contribution in [0.1, 0.15) is 18.1 Å². The van der Waals surface area contributed by atoms with Crippen LogP contribution in [0, 0.1) is 0 Å². The molecule has 6 nitrogen and oxygen atoms in total. The average Bonchev–Trinajstić information content (AvgIpc) is 2.66. The maximum atomic E-state index is 12.5. The minimum Gasteiger partial charge on any atom is -0.496 e. The lowest BCUT2D eigenvalue weighted by molar-refractivity contribution is 0.354. The number of rotatable bonds is 9. The third-order valence-electron chi connectivity index (χ3n) is 4.10. The van der Waals surface area contributed by atoms with Crippen molar-refractivity contribution in [3.63, 3.8) is 0 Å². The van der Waals surface area contributed by atoms with E-state index in [9.17, 15) is 8.42 Å². The molecule has 0 fully saturated rings. The second-order valence-electron chi connectivity index (χ2n) is 5.66. The monoisotopic (exact) mass is 379 g/mol. The van der Waals surface area contributed by atoms with Crippen molar-refractivity contribution in [2.45, 2.75) is 24.7 Å². The van der Waals surface area contributed by atoms with E-state index in [2.05, 4.69) is 4.72 Å². The molecule has 2 aromatic rings. The van der Waals surface area contributed by atoms with E-state index in [0.717, 1.165) is 11.1 Å². The molecule has 1 N–H and O–H groups in total. The largest absolute Gasteiger partial charge is 0.496 e. The van der Waals surface area contributed by atoms with Crippen LogP contribution in [0.25, 0.3) is 0 Å². The zero-order chi connectivity index (χ0) is 19.2. The van der Waals surface area contributed by atoms with Gasteiger partial charge < -0.3 is 14.2 Å². The van der Waals surface area contributed by atoms with E-state index in [4.69, 9.17) is 14.2 Å². The fourth-order valence-electron chi connectivity index (χ4n) is 2.65.